The lowest BCUT2D eigenvalue weighted by atomic mass is 9.95. The number of carboxylic acids is 1. The highest BCUT2D eigenvalue weighted by Crippen LogP contribution is 2.45. The maximum Gasteiger partial charge on any atom is 0.335 e. The van der Waals surface area contributed by atoms with Crippen LogP contribution in [-0.4, -0.2) is 11.1 Å². The van der Waals surface area contributed by atoms with E-state index in [0.29, 0.717) is 5.56 Å². The zero-order valence-electron chi connectivity index (χ0n) is 13.8. The molecule has 0 aliphatic rings. The molecule has 1 aromatic heterocycles. The topological polar surface area (TPSA) is 37.3 Å². The van der Waals surface area contributed by atoms with Crippen LogP contribution >= 0.6 is 27.3 Å². The van der Waals surface area contributed by atoms with Crippen molar-refractivity contribution in [3.05, 3.63) is 69.0 Å². The van der Waals surface area contributed by atoms with Gasteiger partial charge in [0.25, 0.3) is 0 Å². The smallest absolute Gasteiger partial charge is 0.335 e. The van der Waals surface area contributed by atoms with Gasteiger partial charge in [-0.25, -0.2) is 4.79 Å². The average molecular weight is 411 g/mol. The maximum atomic E-state index is 11.6. The molecular formula is C21H15BrO2S. The van der Waals surface area contributed by atoms with Crippen LogP contribution < -0.4 is 0 Å². The number of thiophene rings is 1. The number of carboxylic acid groups (broad SMARTS) is 1. The third kappa shape index (κ3) is 2.48. The van der Waals surface area contributed by atoms with Crippen molar-refractivity contribution < 1.29 is 9.90 Å². The SMILES string of the molecule is Cc1sc2ccc(C(=O)O)c(C)c2c1-c1ccc2ccccc2c1Br. The molecule has 0 unspecified atom stereocenters. The summed E-state index contributed by atoms with van der Waals surface area (Å²) < 4.78 is 2.17. The number of carbonyl (C=O) groups is 1. The molecule has 0 bridgehead atoms. The van der Waals surface area contributed by atoms with E-state index in [2.05, 4.69) is 47.1 Å². The monoisotopic (exact) mass is 410 g/mol. The summed E-state index contributed by atoms with van der Waals surface area (Å²) in [5.74, 6) is -0.883. The number of aromatic carboxylic acids is 1. The summed E-state index contributed by atoms with van der Waals surface area (Å²) in [5, 5.41) is 12.9. The number of benzene rings is 3. The van der Waals surface area contributed by atoms with Gasteiger partial charge in [-0.15, -0.1) is 11.3 Å². The van der Waals surface area contributed by atoms with E-state index < -0.39 is 5.97 Å². The highest BCUT2D eigenvalue weighted by Gasteiger charge is 2.19. The first-order chi connectivity index (χ1) is 12.0. The minimum atomic E-state index is -0.883. The van der Waals surface area contributed by atoms with Gasteiger partial charge < -0.3 is 5.11 Å². The molecule has 0 saturated heterocycles. The molecule has 0 aliphatic heterocycles. The Kier molecular flexibility index (Phi) is 3.89. The van der Waals surface area contributed by atoms with Gasteiger partial charge in [0.1, 0.15) is 0 Å². The van der Waals surface area contributed by atoms with Gasteiger partial charge in [0, 0.05) is 25.0 Å². The molecule has 0 radical (unpaired) electrons. The molecule has 0 atom stereocenters. The van der Waals surface area contributed by atoms with Gasteiger partial charge in [0.05, 0.1) is 5.56 Å². The third-order valence-electron chi connectivity index (χ3n) is 4.65. The van der Waals surface area contributed by atoms with Crippen LogP contribution in [0.4, 0.5) is 0 Å². The van der Waals surface area contributed by atoms with Gasteiger partial charge in [0.15, 0.2) is 0 Å². The first-order valence-corrected chi connectivity index (χ1v) is 9.53. The lowest BCUT2D eigenvalue weighted by Crippen LogP contribution is -1.99. The summed E-state index contributed by atoms with van der Waals surface area (Å²) in [6.07, 6.45) is 0. The molecule has 4 rings (SSSR count). The number of hydrogen-bond acceptors (Lipinski definition) is 2. The third-order valence-corrected chi connectivity index (χ3v) is 6.58. The van der Waals surface area contributed by atoms with E-state index in [1.165, 1.54) is 10.3 Å². The largest absolute Gasteiger partial charge is 0.478 e. The Hall–Kier alpha value is -2.17. The minimum absolute atomic E-state index is 0.364. The lowest BCUT2D eigenvalue weighted by molar-refractivity contribution is 0.0696. The number of hydrogen-bond donors (Lipinski definition) is 1. The van der Waals surface area contributed by atoms with Crippen LogP contribution in [0.15, 0.2) is 53.0 Å². The Labute approximate surface area is 157 Å². The highest BCUT2D eigenvalue weighted by molar-refractivity contribution is 9.10. The molecule has 25 heavy (non-hydrogen) atoms. The van der Waals surface area contributed by atoms with Gasteiger partial charge in [-0.1, -0.05) is 36.4 Å². The second-order valence-electron chi connectivity index (χ2n) is 6.10. The van der Waals surface area contributed by atoms with E-state index in [1.54, 1.807) is 17.4 Å². The number of halogens is 1. The van der Waals surface area contributed by atoms with Crippen LogP contribution in [0.5, 0.6) is 0 Å². The van der Waals surface area contributed by atoms with Crippen molar-refractivity contribution in [2.45, 2.75) is 13.8 Å². The summed E-state index contributed by atoms with van der Waals surface area (Å²) in [4.78, 5) is 12.7. The predicted molar refractivity (Wildman–Crippen MR) is 109 cm³/mol. The Morgan fingerprint density at radius 2 is 1.80 bits per heavy atom. The van der Waals surface area contributed by atoms with E-state index in [1.807, 2.05) is 25.1 Å². The standard InChI is InChI=1S/C21H15BrO2S/c1-11-14(21(23)24)9-10-17-18(11)19(12(2)25-17)16-8-7-13-5-3-4-6-15(13)20(16)22/h3-10H,1-2H3,(H,23,24). The average Bonchev–Trinajstić information content (AvgIpc) is 2.92. The van der Waals surface area contributed by atoms with E-state index >= 15 is 0 Å². The normalized spacial score (nSPS) is 11.3. The van der Waals surface area contributed by atoms with Gasteiger partial charge in [-0.2, -0.15) is 0 Å². The maximum absolute atomic E-state index is 11.6. The van der Waals surface area contributed by atoms with E-state index in [4.69, 9.17) is 0 Å². The second-order valence-corrected chi connectivity index (χ2v) is 8.15. The minimum Gasteiger partial charge on any atom is -0.478 e. The van der Waals surface area contributed by atoms with Crippen molar-refractivity contribution in [2.75, 3.05) is 0 Å². The molecule has 0 saturated carbocycles. The predicted octanol–water partition coefficient (Wildman–Crippen LogP) is 6.80. The first kappa shape index (κ1) is 16.3. The quantitative estimate of drug-likeness (QED) is 0.394. The Morgan fingerprint density at radius 1 is 1.04 bits per heavy atom. The van der Waals surface area contributed by atoms with E-state index in [-0.39, 0.29) is 0 Å². The lowest BCUT2D eigenvalue weighted by Gasteiger charge is -2.11. The fourth-order valence-electron chi connectivity index (χ4n) is 3.46. The molecule has 4 heteroatoms. The Bertz CT molecular complexity index is 1160. The van der Waals surface area contributed by atoms with Crippen LogP contribution in [0, 0.1) is 13.8 Å². The molecule has 0 amide bonds. The highest BCUT2D eigenvalue weighted by atomic mass is 79.9. The van der Waals surface area contributed by atoms with Gasteiger partial charge >= 0.3 is 5.97 Å². The zero-order valence-corrected chi connectivity index (χ0v) is 16.2. The van der Waals surface area contributed by atoms with Gasteiger partial charge in [-0.05, 0) is 63.8 Å². The van der Waals surface area contributed by atoms with Crippen LogP contribution in [-0.2, 0) is 0 Å². The zero-order chi connectivity index (χ0) is 17.7. The van der Waals surface area contributed by atoms with Crippen molar-refractivity contribution >= 4 is 54.1 Å². The van der Waals surface area contributed by atoms with E-state index in [9.17, 15) is 9.90 Å². The molecule has 1 heterocycles. The molecule has 124 valence electrons. The van der Waals surface area contributed by atoms with Crippen LogP contribution in [0.25, 0.3) is 32.0 Å². The van der Waals surface area contributed by atoms with Crippen molar-refractivity contribution in [1.29, 1.82) is 0 Å². The number of aryl methyl sites for hydroxylation is 2. The van der Waals surface area contributed by atoms with Crippen LogP contribution in [0.2, 0.25) is 0 Å². The molecule has 1 N–H and O–H groups in total. The Balaban J connectivity index is 2.11. The Morgan fingerprint density at radius 3 is 2.56 bits per heavy atom. The summed E-state index contributed by atoms with van der Waals surface area (Å²) in [6, 6.07) is 16.1. The summed E-state index contributed by atoms with van der Waals surface area (Å²) in [5.41, 5.74) is 3.42. The summed E-state index contributed by atoms with van der Waals surface area (Å²) >= 11 is 5.49. The first-order valence-electron chi connectivity index (χ1n) is 7.92. The molecule has 0 spiro atoms. The fourth-order valence-corrected chi connectivity index (χ4v) is 5.29. The van der Waals surface area contributed by atoms with Crippen molar-refractivity contribution in [2.24, 2.45) is 0 Å². The molecule has 3 aromatic carbocycles. The number of fused-ring (bicyclic) bond motifs is 2. The van der Waals surface area contributed by atoms with Crippen molar-refractivity contribution in [3.8, 4) is 11.1 Å². The summed E-state index contributed by atoms with van der Waals surface area (Å²) in [6.45, 7) is 4.00. The van der Waals surface area contributed by atoms with Crippen molar-refractivity contribution in [3.63, 3.8) is 0 Å². The molecule has 2 nitrogen and oxygen atoms in total. The molecule has 0 fully saturated rings. The van der Waals surface area contributed by atoms with Crippen LogP contribution in [0.3, 0.4) is 0 Å². The second kappa shape index (κ2) is 5.97. The number of rotatable bonds is 2. The van der Waals surface area contributed by atoms with Gasteiger partial charge in [-0.3, -0.25) is 0 Å². The van der Waals surface area contributed by atoms with Gasteiger partial charge in [0.2, 0.25) is 0 Å². The molecular weight excluding hydrogens is 396 g/mol. The van der Waals surface area contributed by atoms with Crippen molar-refractivity contribution in [1.82, 2.24) is 0 Å². The van der Waals surface area contributed by atoms with E-state index in [0.717, 1.165) is 36.6 Å². The molecule has 0 aliphatic carbocycles. The fraction of sp³-hybridized carbons (Fsp3) is 0.0952. The van der Waals surface area contributed by atoms with Crippen LogP contribution in [0.1, 0.15) is 20.8 Å². The summed E-state index contributed by atoms with van der Waals surface area (Å²) in [7, 11) is 0. The molecule has 4 aromatic rings.